The van der Waals surface area contributed by atoms with Crippen molar-refractivity contribution in [3.8, 4) is 11.4 Å². The van der Waals surface area contributed by atoms with Gasteiger partial charge in [-0.25, -0.2) is 0 Å². The molecule has 0 saturated heterocycles. The van der Waals surface area contributed by atoms with E-state index in [2.05, 4.69) is 28.5 Å². The highest BCUT2D eigenvalue weighted by Crippen LogP contribution is 2.55. The van der Waals surface area contributed by atoms with Crippen LogP contribution in [0.25, 0.3) is 5.69 Å². The molecule has 2 aliphatic heterocycles. The number of nitrogens with zero attached hydrogens (tertiary/aromatic N) is 5. The van der Waals surface area contributed by atoms with Crippen molar-refractivity contribution >= 4 is 34.3 Å². The van der Waals surface area contributed by atoms with Crippen LogP contribution in [-0.2, 0) is 10.6 Å². The highest BCUT2D eigenvalue weighted by Gasteiger charge is 2.54. The average Bonchev–Trinajstić information content (AvgIpc) is 3.47. The number of thioether (sulfide) groups is 1. The van der Waals surface area contributed by atoms with Gasteiger partial charge >= 0.3 is 0 Å². The first kappa shape index (κ1) is 21.1. The minimum absolute atomic E-state index is 0.0386. The molecule has 0 radical (unpaired) electrons. The quantitative estimate of drug-likeness (QED) is 0.342. The number of rotatable bonds is 4. The fourth-order valence-electron chi connectivity index (χ4n) is 4.35. The summed E-state index contributed by atoms with van der Waals surface area (Å²) in [7, 11) is 1.67. The van der Waals surface area contributed by atoms with Gasteiger partial charge in [0, 0.05) is 16.6 Å². The lowest BCUT2D eigenvalue weighted by molar-refractivity contribution is -0.0318. The Morgan fingerprint density at radius 1 is 1.03 bits per heavy atom. The molecule has 0 aliphatic carbocycles. The van der Waals surface area contributed by atoms with Crippen molar-refractivity contribution in [1.29, 1.82) is 0 Å². The predicted octanol–water partition coefficient (Wildman–Crippen LogP) is 5.71. The van der Waals surface area contributed by atoms with Crippen LogP contribution < -0.4 is 9.64 Å². The number of anilines is 1. The fourth-order valence-corrected chi connectivity index (χ4v) is 5.96. The van der Waals surface area contributed by atoms with Crippen LogP contribution in [0.5, 0.6) is 5.75 Å². The Kier molecular flexibility index (Phi) is 5.19. The molecule has 0 spiro atoms. The third kappa shape index (κ3) is 3.41. The number of hydrogen-bond donors (Lipinski definition) is 0. The lowest BCUT2D eigenvalue weighted by atomic mass is 9.97. The van der Waals surface area contributed by atoms with Gasteiger partial charge in [0.2, 0.25) is 5.29 Å². The summed E-state index contributed by atoms with van der Waals surface area (Å²) in [5.74, 6) is 0.813. The van der Waals surface area contributed by atoms with Gasteiger partial charge in [-0.05, 0) is 53.6 Å². The van der Waals surface area contributed by atoms with E-state index in [0.717, 1.165) is 27.6 Å². The average molecular weight is 490 g/mol. The number of hydrogen-bond acceptors (Lipinski definition) is 7. The maximum Gasteiger partial charge on any atom is 0.263 e. The molecule has 0 fully saturated rings. The van der Waals surface area contributed by atoms with Crippen LogP contribution in [0.15, 0.2) is 95.1 Å². The number of fused-ring (bicyclic) bond motifs is 3. The van der Waals surface area contributed by atoms with E-state index in [1.807, 2.05) is 65.6 Å². The fraction of sp³-hybridized carbons (Fsp3) is 0.160. The van der Waals surface area contributed by atoms with Gasteiger partial charge < -0.3 is 9.57 Å². The molecule has 2 atom stereocenters. The normalized spacial score (nSPS) is 21.2. The number of aromatic nitrogens is 3. The second kappa shape index (κ2) is 8.38. The molecule has 0 amide bonds. The summed E-state index contributed by atoms with van der Waals surface area (Å²) in [5.41, 5.74) is 2.50. The predicted molar refractivity (Wildman–Crippen MR) is 133 cm³/mol. The van der Waals surface area contributed by atoms with Gasteiger partial charge in [-0.3, -0.25) is 4.90 Å². The molecular weight excluding hydrogens is 470 g/mol. The van der Waals surface area contributed by atoms with Crippen molar-refractivity contribution in [3.63, 3.8) is 0 Å². The van der Waals surface area contributed by atoms with E-state index in [1.54, 1.807) is 29.9 Å². The zero-order valence-corrected chi connectivity index (χ0v) is 19.8. The molecule has 0 bridgehead atoms. The van der Waals surface area contributed by atoms with Gasteiger partial charge in [-0.1, -0.05) is 47.6 Å². The topological polar surface area (TPSA) is 64.8 Å². The number of ether oxygens (including phenoxy) is 1. The summed E-state index contributed by atoms with van der Waals surface area (Å²) in [6.07, 6.45) is 2.28. The Morgan fingerprint density at radius 3 is 2.59 bits per heavy atom. The molecule has 170 valence electrons. The molecule has 0 saturated carbocycles. The number of halogens is 1. The SMILES string of the molecule is COc1ccc(C2CC3(c4cnn(-c5ccccc5)n4)ON=C(Cl)N3c3ccccc3S2)cc1. The highest BCUT2D eigenvalue weighted by molar-refractivity contribution is 7.99. The van der Waals surface area contributed by atoms with Crippen LogP contribution in [-0.4, -0.2) is 27.4 Å². The molecule has 4 aromatic rings. The summed E-state index contributed by atoms with van der Waals surface area (Å²) in [6, 6.07) is 26.0. The van der Waals surface area contributed by atoms with E-state index in [-0.39, 0.29) is 10.5 Å². The van der Waals surface area contributed by atoms with Crippen molar-refractivity contribution in [2.75, 3.05) is 12.0 Å². The maximum absolute atomic E-state index is 6.65. The molecule has 2 aliphatic rings. The van der Waals surface area contributed by atoms with Crippen molar-refractivity contribution in [2.24, 2.45) is 5.16 Å². The first-order valence-corrected chi connectivity index (χ1v) is 12.0. The van der Waals surface area contributed by atoms with Crippen molar-refractivity contribution in [3.05, 3.63) is 96.3 Å². The summed E-state index contributed by atoms with van der Waals surface area (Å²) in [5, 5.41) is 13.9. The number of para-hydroxylation sites is 2. The molecule has 3 heterocycles. The van der Waals surface area contributed by atoms with E-state index >= 15 is 0 Å². The maximum atomic E-state index is 6.65. The van der Waals surface area contributed by atoms with Crippen LogP contribution >= 0.6 is 23.4 Å². The second-order valence-electron chi connectivity index (χ2n) is 7.98. The lowest BCUT2D eigenvalue weighted by Crippen LogP contribution is -2.46. The standard InChI is InChI=1S/C25H20ClN5O2S/c1-32-19-13-11-17(12-14-19)22-15-25(23-16-27-31(28-23)18-7-3-2-4-8-18)30(24(26)29-33-25)20-9-5-6-10-21(20)34-22/h2-14,16,22H,15H2,1H3. The van der Waals surface area contributed by atoms with E-state index in [9.17, 15) is 0 Å². The molecule has 6 rings (SSSR count). The zero-order valence-electron chi connectivity index (χ0n) is 18.2. The van der Waals surface area contributed by atoms with Crippen LogP contribution in [0.2, 0.25) is 0 Å². The zero-order chi connectivity index (χ0) is 23.1. The van der Waals surface area contributed by atoms with E-state index in [1.165, 1.54) is 0 Å². The van der Waals surface area contributed by atoms with Crippen molar-refractivity contribution < 1.29 is 9.57 Å². The number of oxime groups is 1. The van der Waals surface area contributed by atoms with Gasteiger partial charge in [0.1, 0.15) is 5.75 Å². The Morgan fingerprint density at radius 2 is 1.79 bits per heavy atom. The Labute approximate surface area is 205 Å². The van der Waals surface area contributed by atoms with Gasteiger partial charge in [-0.15, -0.1) is 16.9 Å². The Bertz CT molecular complexity index is 1360. The van der Waals surface area contributed by atoms with Crippen molar-refractivity contribution in [1.82, 2.24) is 15.0 Å². The molecule has 0 N–H and O–H groups in total. The van der Waals surface area contributed by atoms with Crippen LogP contribution in [0.1, 0.15) is 22.9 Å². The molecule has 7 nitrogen and oxygen atoms in total. The number of benzene rings is 3. The van der Waals surface area contributed by atoms with Gasteiger partial charge in [0.05, 0.1) is 24.7 Å². The summed E-state index contributed by atoms with van der Waals surface area (Å²) >= 11 is 8.42. The summed E-state index contributed by atoms with van der Waals surface area (Å²) in [6.45, 7) is 0. The monoisotopic (exact) mass is 489 g/mol. The van der Waals surface area contributed by atoms with E-state index < -0.39 is 5.72 Å². The van der Waals surface area contributed by atoms with E-state index in [0.29, 0.717) is 12.1 Å². The van der Waals surface area contributed by atoms with Crippen LogP contribution in [0.4, 0.5) is 5.69 Å². The largest absolute Gasteiger partial charge is 0.497 e. The van der Waals surface area contributed by atoms with Crippen molar-refractivity contribution in [2.45, 2.75) is 22.3 Å². The third-order valence-corrected chi connectivity index (χ3v) is 7.58. The van der Waals surface area contributed by atoms with Gasteiger partial charge in [-0.2, -0.15) is 9.90 Å². The van der Waals surface area contributed by atoms with E-state index in [4.69, 9.17) is 26.3 Å². The summed E-state index contributed by atoms with van der Waals surface area (Å²) < 4.78 is 5.36. The second-order valence-corrected chi connectivity index (χ2v) is 9.56. The molecule has 3 aromatic carbocycles. The number of amidine groups is 1. The molecule has 2 unspecified atom stereocenters. The van der Waals surface area contributed by atoms with Crippen LogP contribution in [0, 0.1) is 0 Å². The van der Waals surface area contributed by atoms with Gasteiger partial charge in [0.15, 0.2) is 5.69 Å². The Balaban J connectivity index is 1.49. The Hall–Kier alpha value is -3.49. The molecule has 1 aromatic heterocycles. The smallest absolute Gasteiger partial charge is 0.263 e. The minimum Gasteiger partial charge on any atom is -0.497 e. The first-order chi connectivity index (χ1) is 16.7. The molecule has 34 heavy (non-hydrogen) atoms. The molecule has 9 heteroatoms. The molecular formula is C25H20ClN5O2S. The third-order valence-electron chi connectivity index (χ3n) is 6.02. The minimum atomic E-state index is -1.05. The number of methoxy groups -OCH3 is 1. The van der Waals surface area contributed by atoms with Gasteiger partial charge in [0.25, 0.3) is 5.72 Å². The first-order valence-electron chi connectivity index (χ1n) is 10.8. The lowest BCUT2D eigenvalue weighted by Gasteiger charge is -2.34. The highest BCUT2D eigenvalue weighted by atomic mass is 35.5. The summed E-state index contributed by atoms with van der Waals surface area (Å²) in [4.78, 5) is 10.8. The van der Waals surface area contributed by atoms with Crippen LogP contribution in [0.3, 0.4) is 0 Å².